The minimum absolute atomic E-state index is 0.141. The van der Waals surface area contributed by atoms with Crippen LogP contribution in [0.15, 0.2) is 64.8 Å². The third kappa shape index (κ3) is 4.70. The number of amides is 1. The zero-order valence-corrected chi connectivity index (χ0v) is 19.0. The van der Waals surface area contributed by atoms with E-state index in [1.165, 1.54) is 38.5 Å². The molecule has 0 bridgehead atoms. The Balaban J connectivity index is 2.08. The number of hydrogen-bond donors (Lipinski definition) is 1. The van der Waals surface area contributed by atoms with Gasteiger partial charge in [0.1, 0.15) is 5.92 Å². The van der Waals surface area contributed by atoms with Crippen LogP contribution in [0, 0.1) is 16.0 Å². The highest BCUT2D eigenvalue weighted by molar-refractivity contribution is 6.08. The van der Waals surface area contributed by atoms with Crippen molar-refractivity contribution < 1.29 is 28.8 Å². The zero-order valence-electron chi connectivity index (χ0n) is 19.0. The van der Waals surface area contributed by atoms with E-state index < -0.39 is 34.6 Å². The first-order valence-electron chi connectivity index (χ1n) is 10.3. The monoisotopic (exact) mass is 465 g/mol. The second-order valence-corrected chi connectivity index (χ2v) is 7.57. The summed E-state index contributed by atoms with van der Waals surface area (Å²) in [6.07, 6.45) is 0. The van der Waals surface area contributed by atoms with E-state index in [1.807, 2.05) is 0 Å². The molecule has 1 aliphatic heterocycles. The smallest absolute Gasteiger partial charge is 0.336 e. The fourth-order valence-electron chi connectivity index (χ4n) is 3.99. The Morgan fingerprint density at radius 3 is 2.24 bits per heavy atom. The van der Waals surface area contributed by atoms with Gasteiger partial charge >= 0.3 is 11.9 Å². The van der Waals surface area contributed by atoms with Gasteiger partial charge in [-0.05, 0) is 37.6 Å². The van der Waals surface area contributed by atoms with Crippen LogP contribution < -0.4 is 5.32 Å². The van der Waals surface area contributed by atoms with E-state index in [1.54, 1.807) is 38.1 Å². The van der Waals surface area contributed by atoms with Crippen LogP contribution in [0.5, 0.6) is 0 Å². The predicted octanol–water partition coefficient (Wildman–Crippen LogP) is 3.64. The molecule has 2 atom stereocenters. The van der Waals surface area contributed by atoms with Gasteiger partial charge in [0.05, 0.1) is 24.7 Å². The Morgan fingerprint density at radius 2 is 1.65 bits per heavy atom. The minimum Gasteiger partial charge on any atom is -0.468 e. The van der Waals surface area contributed by atoms with Crippen molar-refractivity contribution in [3.8, 4) is 0 Å². The molecular formula is C24H23N3O7. The number of carbonyl (C=O) groups excluding carboxylic acids is 3. The number of esters is 2. The number of nitrogens with zero attached hydrogens (tertiary/aromatic N) is 2. The van der Waals surface area contributed by atoms with Gasteiger partial charge in [0, 0.05) is 40.7 Å². The van der Waals surface area contributed by atoms with Gasteiger partial charge in [0.2, 0.25) is 0 Å². The Morgan fingerprint density at radius 1 is 1.00 bits per heavy atom. The maximum atomic E-state index is 12.9. The largest absolute Gasteiger partial charge is 0.468 e. The molecule has 0 aromatic heterocycles. The number of allylic oxidation sites excluding steroid dienone is 1. The van der Waals surface area contributed by atoms with E-state index >= 15 is 0 Å². The number of nitro groups is 1. The molecule has 1 aliphatic rings. The first-order chi connectivity index (χ1) is 16.2. The number of hydrogen-bond acceptors (Lipinski definition) is 8. The number of benzene rings is 2. The normalized spacial score (nSPS) is 17.5. The van der Waals surface area contributed by atoms with E-state index in [2.05, 4.69) is 10.3 Å². The van der Waals surface area contributed by atoms with Crippen LogP contribution in [0.1, 0.15) is 35.7 Å². The fraction of sp³-hybridized carbons (Fsp3) is 0.250. The standard InChI is InChI=1S/C24H23N3O7/c1-13-19(23(29)33-3)21(20(14(2)25-13)24(30)34-4)17-7-5-6-8-18(17)26-22(28)15-9-11-16(12-10-15)27(31)32/h5-12,19,21H,1-4H3,(H,26,28). The number of aliphatic imine (C=N–C) groups is 1. The average molecular weight is 465 g/mol. The van der Waals surface area contributed by atoms with Crippen molar-refractivity contribution in [3.63, 3.8) is 0 Å². The number of methoxy groups -OCH3 is 2. The molecule has 0 fully saturated rings. The average Bonchev–Trinajstić information content (AvgIpc) is 2.83. The zero-order chi connectivity index (χ0) is 25.0. The number of ether oxygens (including phenoxy) is 2. The topological polar surface area (TPSA) is 137 Å². The highest BCUT2D eigenvalue weighted by atomic mass is 16.6. The SMILES string of the molecule is COC(=O)C1=C(C)N=C(C)C(C(=O)OC)C1c1ccccc1NC(=O)c1ccc([N+](=O)[O-])cc1. The van der Waals surface area contributed by atoms with Gasteiger partial charge in [0.15, 0.2) is 0 Å². The van der Waals surface area contributed by atoms with Crippen LogP contribution in [0.25, 0.3) is 0 Å². The van der Waals surface area contributed by atoms with E-state index in [4.69, 9.17) is 9.47 Å². The van der Waals surface area contributed by atoms with Gasteiger partial charge < -0.3 is 14.8 Å². The predicted molar refractivity (Wildman–Crippen MR) is 124 cm³/mol. The lowest BCUT2D eigenvalue weighted by Crippen LogP contribution is -2.36. The first-order valence-corrected chi connectivity index (χ1v) is 10.3. The maximum absolute atomic E-state index is 12.9. The lowest BCUT2D eigenvalue weighted by molar-refractivity contribution is -0.384. The van der Waals surface area contributed by atoms with Gasteiger partial charge in [-0.3, -0.25) is 24.7 Å². The van der Waals surface area contributed by atoms with Gasteiger partial charge in [-0.25, -0.2) is 4.79 Å². The van der Waals surface area contributed by atoms with Crippen molar-refractivity contribution in [3.05, 3.63) is 81.0 Å². The Hall–Kier alpha value is -4.34. The molecule has 2 aromatic rings. The molecular weight excluding hydrogens is 442 g/mol. The summed E-state index contributed by atoms with van der Waals surface area (Å²) in [5.41, 5.74) is 1.94. The van der Waals surface area contributed by atoms with Crippen LogP contribution >= 0.6 is 0 Å². The molecule has 10 heteroatoms. The van der Waals surface area contributed by atoms with Crippen molar-refractivity contribution in [2.75, 3.05) is 19.5 Å². The van der Waals surface area contributed by atoms with E-state index in [-0.39, 0.29) is 16.8 Å². The Kier molecular flexibility index (Phi) is 7.20. The lowest BCUT2D eigenvalue weighted by Gasteiger charge is -2.32. The molecule has 0 spiro atoms. The molecule has 0 radical (unpaired) electrons. The number of nitrogens with one attached hydrogen (secondary N) is 1. The van der Waals surface area contributed by atoms with Crippen molar-refractivity contribution >= 4 is 34.9 Å². The summed E-state index contributed by atoms with van der Waals surface area (Å²) in [6.45, 7) is 3.32. The fourth-order valence-corrected chi connectivity index (χ4v) is 3.99. The Labute approximate surface area is 195 Å². The third-order valence-corrected chi connectivity index (χ3v) is 5.57. The summed E-state index contributed by atoms with van der Waals surface area (Å²) in [5.74, 6) is -3.50. The number of anilines is 1. The molecule has 1 amide bonds. The Bertz CT molecular complexity index is 1220. The molecule has 10 nitrogen and oxygen atoms in total. The summed E-state index contributed by atoms with van der Waals surface area (Å²) in [4.78, 5) is 53.1. The summed E-state index contributed by atoms with van der Waals surface area (Å²) >= 11 is 0. The molecule has 176 valence electrons. The van der Waals surface area contributed by atoms with Crippen molar-refractivity contribution in [2.45, 2.75) is 19.8 Å². The summed E-state index contributed by atoms with van der Waals surface area (Å²) in [5, 5.41) is 13.7. The van der Waals surface area contributed by atoms with Crippen LogP contribution in [0.2, 0.25) is 0 Å². The van der Waals surface area contributed by atoms with Gasteiger partial charge in [-0.15, -0.1) is 0 Å². The molecule has 2 unspecified atom stereocenters. The maximum Gasteiger partial charge on any atom is 0.336 e. The van der Waals surface area contributed by atoms with Crippen LogP contribution in [-0.2, 0) is 19.1 Å². The number of nitro benzene ring substituents is 1. The van der Waals surface area contributed by atoms with Crippen LogP contribution in [-0.4, -0.2) is 42.7 Å². The molecule has 1 N–H and O–H groups in total. The summed E-state index contributed by atoms with van der Waals surface area (Å²) in [7, 11) is 2.48. The molecule has 0 saturated heterocycles. The van der Waals surface area contributed by atoms with Gasteiger partial charge in [-0.2, -0.15) is 0 Å². The second kappa shape index (κ2) is 10.1. The quantitative estimate of drug-likeness (QED) is 0.390. The minimum atomic E-state index is -0.916. The number of rotatable bonds is 6. The molecule has 0 aliphatic carbocycles. The highest BCUT2D eigenvalue weighted by Gasteiger charge is 2.43. The van der Waals surface area contributed by atoms with Gasteiger partial charge in [-0.1, -0.05) is 18.2 Å². The summed E-state index contributed by atoms with van der Waals surface area (Å²) < 4.78 is 9.96. The van der Waals surface area contributed by atoms with Crippen molar-refractivity contribution in [2.24, 2.45) is 10.9 Å². The van der Waals surface area contributed by atoms with E-state index in [9.17, 15) is 24.5 Å². The number of non-ortho nitro benzene ring substituents is 1. The van der Waals surface area contributed by atoms with E-state index in [0.29, 0.717) is 22.7 Å². The van der Waals surface area contributed by atoms with E-state index in [0.717, 1.165) is 0 Å². The molecule has 0 saturated carbocycles. The van der Waals surface area contributed by atoms with Gasteiger partial charge in [0.25, 0.3) is 11.6 Å². The van der Waals surface area contributed by atoms with Crippen LogP contribution in [0.3, 0.4) is 0 Å². The molecule has 34 heavy (non-hydrogen) atoms. The number of carbonyl (C=O) groups is 3. The van der Waals surface area contributed by atoms with Crippen molar-refractivity contribution in [1.82, 2.24) is 0 Å². The lowest BCUT2D eigenvalue weighted by atomic mass is 9.75. The molecule has 3 rings (SSSR count). The first kappa shape index (κ1) is 24.3. The van der Waals surface area contributed by atoms with Crippen molar-refractivity contribution in [1.29, 1.82) is 0 Å². The van der Waals surface area contributed by atoms with Crippen LogP contribution in [0.4, 0.5) is 11.4 Å². The third-order valence-electron chi connectivity index (χ3n) is 5.57. The molecule has 1 heterocycles. The highest BCUT2D eigenvalue weighted by Crippen LogP contribution is 2.42. The second-order valence-electron chi connectivity index (χ2n) is 7.57. The summed E-state index contributed by atoms with van der Waals surface area (Å²) in [6, 6.07) is 11.9. The molecule has 2 aromatic carbocycles. The number of para-hydroxylation sites is 1.